The van der Waals surface area contributed by atoms with Crippen LogP contribution in [0.4, 0.5) is 0 Å². The summed E-state index contributed by atoms with van der Waals surface area (Å²) in [5.74, 6) is 3.19. The second kappa shape index (κ2) is 8.26. The van der Waals surface area contributed by atoms with E-state index in [2.05, 4.69) is 72.8 Å². The first-order valence-electron chi connectivity index (χ1n) is 16.2. The molecule has 4 nitrogen and oxygen atoms in total. The van der Waals surface area contributed by atoms with E-state index in [1.165, 1.54) is 43.2 Å². The van der Waals surface area contributed by atoms with E-state index in [1.807, 2.05) is 48.5 Å². The molecule has 0 fully saturated rings. The number of para-hydroxylation sites is 2. The highest BCUT2D eigenvalue weighted by molar-refractivity contribution is 7.01. The van der Waals surface area contributed by atoms with Gasteiger partial charge >= 0.3 is 0 Å². The monoisotopic (exact) mass is 604 g/mol. The van der Waals surface area contributed by atoms with E-state index in [-0.39, 0.29) is 13.4 Å². The van der Waals surface area contributed by atoms with E-state index >= 15 is 0 Å². The number of fused-ring (bicyclic) bond motifs is 8. The van der Waals surface area contributed by atoms with Crippen molar-refractivity contribution in [3.63, 3.8) is 0 Å². The van der Waals surface area contributed by atoms with E-state index in [0.717, 1.165) is 67.1 Å². The minimum absolute atomic E-state index is 0.0231. The third kappa shape index (κ3) is 2.77. The highest BCUT2D eigenvalue weighted by Crippen LogP contribution is 2.46. The van der Waals surface area contributed by atoms with Crippen molar-refractivity contribution in [2.45, 2.75) is 0 Å². The molecular formula is C42H18B2N2O2. The fourth-order valence-corrected chi connectivity index (χ4v) is 9.41. The van der Waals surface area contributed by atoms with Crippen LogP contribution in [0.2, 0.25) is 0 Å². The molecule has 4 aliphatic heterocycles. The lowest BCUT2D eigenvalue weighted by atomic mass is 9.32. The first-order valence-corrected chi connectivity index (χ1v) is 16.2. The normalized spacial score (nSPS) is 13.6. The molecule has 0 radical (unpaired) electrons. The van der Waals surface area contributed by atoms with Gasteiger partial charge in [0.1, 0.15) is 23.0 Å². The zero-order valence-corrected chi connectivity index (χ0v) is 25.3. The average Bonchev–Trinajstić information content (AvgIpc) is 3.13. The van der Waals surface area contributed by atoms with Gasteiger partial charge in [-0.3, -0.25) is 0 Å². The van der Waals surface area contributed by atoms with E-state index in [4.69, 9.17) is 9.47 Å². The summed E-state index contributed by atoms with van der Waals surface area (Å²) in [6.07, 6.45) is 0. The third-order valence-electron chi connectivity index (χ3n) is 11.1. The molecule has 214 valence electrons. The van der Waals surface area contributed by atoms with Gasteiger partial charge in [0, 0.05) is 0 Å². The maximum Gasteiger partial charge on any atom is 0.252 e. The minimum Gasteiger partial charge on any atom is -0.458 e. The quantitative estimate of drug-likeness (QED) is 0.169. The Morgan fingerprint density at radius 3 is 1.33 bits per heavy atom. The van der Waals surface area contributed by atoms with Gasteiger partial charge in [-0.2, -0.15) is 10.5 Å². The summed E-state index contributed by atoms with van der Waals surface area (Å²) in [5.41, 5.74) is 12.7. The van der Waals surface area contributed by atoms with E-state index < -0.39 is 0 Å². The van der Waals surface area contributed by atoms with Crippen molar-refractivity contribution >= 4 is 78.5 Å². The summed E-state index contributed by atoms with van der Waals surface area (Å²) in [4.78, 5) is 0. The molecule has 0 aliphatic carbocycles. The molecule has 0 unspecified atom stereocenters. The first-order chi connectivity index (χ1) is 23.7. The number of nitrogens with zero attached hydrogens (tertiary/aromatic N) is 2. The number of nitriles is 2. The first kappa shape index (κ1) is 24.7. The summed E-state index contributed by atoms with van der Waals surface area (Å²) in [6, 6.07) is 43.0. The van der Waals surface area contributed by atoms with Gasteiger partial charge in [0.05, 0.1) is 23.3 Å². The summed E-state index contributed by atoms with van der Waals surface area (Å²) < 4.78 is 13.0. The fraction of sp³-hybridized carbons (Fsp3) is 0. The van der Waals surface area contributed by atoms with Crippen LogP contribution >= 0.6 is 0 Å². The Morgan fingerprint density at radius 1 is 0.417 bits per heavy atom. The van der Waals surface area contributed by atoms with Crippen molar-refractivity contribution in [2.24, 2.45) is 0 Å². The Hall–Kier alpha value is -6.49. The van der Waals surface area contributed by atoms with Crippen molar-refractivity contribution in [2.75, 3.05) is 0 Å². The van der Waals surface area contributed by atoms with Gasteiger partial charge in [0.25, 0.3) is 13.4 Å². The Kier molecular flexibility index (Phi) is 4.25. The predicted octanol–water partition coefficient (Wildman–Crippen LogP) is 5.53. The van der Waals surface area contributed by atoms with Crippen molar-refractivity contribution < 1.29 is 9.47 Å². The zero-order valence-electron chi connectivity index (χ0n) is 25.3. The SMILES string of the molecule is N#Cc1cc2c3c(c1)-c1ccc4cc5c6c(ccc7cc(c1c4c76)B3c1ccccc1O2)-c1cc(C#N)cc2c1B5c1ccccc1O2. The topological polar surface area (TPSA) is 66.0 Å². The fourth-order valence-electron chi connectivity index (χ4n) is 9.41. The molecule has 4 heterocycles. The molecule has 0 N–H and O–H groups in total. The predicted molar refractivity (Wildman–Crippen MR) is 193 cm³/mol. The van der Waals surface area contributed by atoms with Crippen LogP contribution in [0.25, 0.3) is 54.6 Å². The minimum atomic E-state index is -0.0231. The molecule has 0 saturated heterocycles. The van der Waals surface area contributed by atoms with Gasteiger partial charge < -0.3 is 9.47 Å². The zero-order chi connectivity index (χ0) is 31.4. The Labute approximate surface area is 275 Å². The lowest BCUT2D eigenvalue weighted by Gasteiger charge is -2.36. The third-order valence-corrected chi connectivity index (χ3v) is 11.1. The maximum absolute atomic E-state index is 10.1. The molecular weight excluding hydrogens is 586 g/mol. The summed E-state index contributed by atoms with van der Waals surface area (Å²) in [6.45, 7) is -0.0461. The Balaban J connectivity index is 1.27. The Morgan fingerprint density at radius 2 is 0.875 bits per heavy atom. The maximum atomic E-state index is 10.1. The molecule has 0 spiro atoms. The number of ether oxygens (including phenoxy) is 2. The lowest BCUT2D eigenvalue weighted by Crippen LogP contribution is -2.58. The number of hydrogen-bond donors (Lipinski definition) is 0. The van der Waals surface area contributed by atoms with Crippen LogP contribution < -0.4 is 42.3 Å². The van der Waals surface area contributed by atoms with Gasteiger partial charge in [0.15, 0.2) is 0 Å². The van der Waals surface area contributed by atoms with Crippen LogP contribution in [0.1, 0.15) is 11.1 Å². The van der Waals surface area contributed by atoms with Gasteiger partial charge in [0.2, 0.25) is 0 Å². The molecule has 0 amide bonds. The number of hydrogen-bond acceptors (Lipinski definition) is 4. The van der Waals surface area contributed by atoms with Gasteiger partial charge in [-0.15, -0.1) is 0 Å². The van der Waals surface area contributed by atoms with Crippen LogP contribution in [0, 0.1) is 22.7 Å². The molecule has 8 aromatic rings. The number of rotatable bonds is 0. The molecule has 0 atom stereocenters. The van der Waals surface area contributed by atoms with Crippen molar-refractivity contribution in [1.82, 2.24) is 0 Å². The summed E-state index contributed by atoms with van der Waals surface area (Å²) in [7, 11) is 0. The molecule has 4 aliphatic rings. The molecule has 0 bridgehead atoms. The standard InChI is InChI=1S/C42H18B2N2O2/c45-19-21-13-27-25-11-10-24-18-32-40-26(28-14-22(20-46)16-36-42(28)44(32)30-6-2-4-8-34(30)48-36)12-9-23-17-31(39(25)37(24)38(23)40)43-29-5-1-3-7-33(29)47-35(15-21)41(27)43/h1-18H. The van der Waals surface area contributed by atoms with Gasteiger partial charge in [-0.05, 0) is 113 Å². The summed E-state index contributed by atoms with van der Waals surface area (Å²) >= 11 is 0. The van der Waals surface area contributed by atoms with Crippen molar-refractivity contribution in [1.29, 1.82) is 10.5 Å². The van der Waals surface area contributed by atoms with Crippen LogP contribution in [-0.4, -0.2) is 13.4 Å². The largest absolute Gasteiger partial charge is 0.458 e. The molecule has 0 saturated carbocycles. The van der Waals surface area contributed by atoms with Crippen LogP contribution in [0.3, 0.4) is 0 Å². The number of benzene rings is 8. The second-order valence-electron chi connectivity index (χ2n) is 13.3. The van der Waals surface area contributed by atoms with E-state index in [0.29, 0.717) is 11.1 Å². The van der Waals surface area contributed by atoms with Gasteiger partial charge in [-0.1, -0.05) is 83.7 Å². The molecule has 48 heavy (non-hydrogen) atoms. The van der Waals surface area contributed by atoms with Crippen molar-refractivity contribution in [3.8, 4) is 57.4 Å². The lowest BCUT2D eigenvalue weighted by molar-refractivity contribution is 0.487. The van der Waals surface area contributed by atoms with Crippen LogP contribution in [0.15, 0.2) is 109 Å². The highest BCUT2D eigenvalue weighted by Gasteiger charge is 2.43. The Bertz CT molecular complexity index is 2750. The molecule has 6 heteroatoms. The highest BCUT2D eigenvalue weighted by atomic mass is 16.5. The van der Waals surface area contributed by atoms with Crippen LogP contribution in [-0.2, 0) is 0 Å². The average molecular weight is 604 g/mol. The molecule has 8 aromatic carbocycles. The smallest absolute Gasteiger partial charge is 0.252 e. The van der Waals surface area contributed by atoms with Gasteiger partial charge in [-0.25, -0.2) is 0 Å². The van der Waals surface area contributed by atoms with E-state index in [9.17, 15) is 10.5 Å². The van der Waals surface area contributed by atoms with Crippen molar-refractivity contribution in [3.05, 3.63) is 120 Å². The summed E-state index contributed by atoms with van der Waals surface area (Å²) in [5, 5.41) is 27.5. The van der Waals surface area contributed by atoms with E-state index in [1.54, 1.807) is 0 Å². The second-order valence-corrected chi connectivity index (χ2v) is 13.3. The van der Waals surface area contributed by atoms with Crippen LogP contribution in [0.5, 0.6) is 23.0 Å². The molecule has 0 aromatic heterocycles. The molecule has 12 rings (SSSR count).